The molecule has 1 aromatic rings. The number of nitrogens with one attached hydrogen (secondary N) is 1. The molecule has 7 nitrogen and oxygen atoms in total. The summed E-state index contributed by atoms with van der Waals surface area (Å²) < 4.78 is 5.47. The first kappa shape index (κ1) is 27.3. The van der Waals surface area contributed by atoms with Gasteiger partial charge in [-0.1, -0.05) is 42.5 Å². The van der Waals surface area contributed by atoms with Crippen molar-refractivity contribution in [3.8, 4) is 0 Å². The minimum atomic E-state index is -0.592. The van der Waals surface area contributed by atoms with Crippen molar-refractivity contribution in [2.45, 2.75) is 63.5 Å². The van der Waals surface area contributed by atoms with Gasteiger partial charge in [0.2, 0.25) is 11.8 Å². The van der Waals surface area contributed by atoms with Crippen molar-refractivity contribution in [1.82, 2.24) is 10.2 Å². The van der Waals surface area contributed by atoms with Crippen molar-refractivity contribution in [1.29, 1.82) is 0 Å². The number of rotatable bonds is 15. The number of ether oxygens (including phenoxy) is 1. The number of esters is 1. The van der Waals surface area contributed by atoms with Gasteiger partial charge < -0.3 is 20.1 Å². The number of allylic oxidation sites excluding steroid dienone is 2. The molecule has 1 aliphatic heterocycles. The van der Waals surface area contributed by atoms with Gasteiger partial charge >= 0.3 is 5.97 Å². The van der Waals surface area contributed by atoms with Crippen LogP contribution in [0.3, 0.4) is 0 Å². The van der Waals surface area contributed by atoms with Crippen LogP contribution in [0.15, 0.2) is 55.6 Å². The summed E-state index contributed by atoms with van der Waals surface area (Å²) in [7, 11) is 0. The molecule has 0 saturated carbocycles. The summed E-state index contributed by atoms with van der Waals surface area (Å²) in [6.45, 7) is 7.96. The predicted octanol–water partition coefficient (Wildman–Crippen LogP) is 3.70. The second kappa shape index (κ2) is 15.1. The van der Waals surface area contributed by atoms with Gasteiger partial charge in [-0.25, -0.2) is 0 Å². The van der Waals surface area contributed by atoms with Gasteiger partial charge in [0.1, 0.15) is 6.61 Å². The zero-order chi connectivity index (χ0) is 24.8. The van der Waals surface area contributed by atoms with Crippen LogP contribution in [0.25, 0.3) is 0 Å². The molecule has 3 atom stereocenters. The number of amides is 2. The van der Waals surface area contributed by atoms with E-state index in [1.165, 1.54) is 0 Å². The number of unbranched alkanes of at least 4 members (excludes halogenated alkanes) is 2. The summed E-state index contributed by atoms with van der Waals surface area (Å²) in [5, 5.41) is 12.5. The van der Waals surface area contributed by atoms with Crippen molar-refractivity contribution >= 4 is 17.8 Å². The lowest BCUT2D eigenvalue weighted by Gasteiger charge is -2.26. The Hall–Kier alpha value is -2.93. The Morgan fingerprint density at radius 2 is 1.94 bits per heavy atom. The van der Waals surface area contributed by atoms with Crippen LogP contribution in [0.2, 0.25) is 0 Å². The Kier molecular flexibility index (Phi) is 12.1. The maximum Gasteiger partial charge on any atom is 0.305 e. The molecule has 1 heterocycles. The summed E-state index contributed by atoms with van der Waals surface area (Å²) in [6, 6.07) is 8.63. The van der Waals surface area contributed by atoms with Crippen molar-refractivity contribution in [2.24, 2.45) is 5.92 Å². The lowest BCUT2D eigenvalue weighted by Crippen LogP contribution is -2.42. The number of carbonyl (C=O) groups excluding carboxylic acids is 3. The molecule has 1 fully saturated rings. The summed E-state index contributed by atoms with van der Waals surface area (Å²) in [4.78, 5) is 39.9. The third-order valence-electron chi connectivity index (χ3n) is 6.12. The minimum absolute atomic E-state index is 0.0174. The third kappa shape index (κ3) is 8.78. The fourth-order valence-electron chi connectivity index (χ4n) is 4.17. The topological polar surface area (TPSA) is 95.9 Å². The Morgan fingerprint density at radius 1 is 1.18 bits per heavy atom. The van der Waals surface area contributed by atoms with E-state index >= 15 is 0 Å². The van der Waals surface area contributed by atoms with Gasteiger partial charge in [-0.2, -0.15) is 0 Å². The van der Waals surface area contributed by atoms with Crippen LogP contribution in [0, 0.1) is 5.92 Å². The highest BCUT2D eigenvalue weighted by Gasteiger charge is 2.31. The molecule has 2 amide bonds. The Morgan fingerprint density at radius 3 is 2.62 bits per heavy atom. The van der Waals surface area contributed by atoms with E-state index in [1.807, 2.05) is 36.4 Å². The Labute approximate surface area is 202 Å². The molecule has 2 rings (SSSR count). The Balaban J connectivity index is 2.01. The summed E-state index contributed by atoms with van der Waals surface area (Å²) in [5.41, 5.74) is 0.818. The predicted molar refractivity (Wildman–Crippen MR) is 132 cm³/mol. The molecule has 0 radical (unpaired) electrons. The standard InChI is InChI=1S/C27H38N2O5/c1-3-5-6-10-16-26(32)34-20-24(21-13-8-7-9-14-21)28-27(33)22(12-4-2)18-25(31)29-17-11-15-23(29)19-30/h3-4,7-9,13-14,22-24,30H,1-2,5-6,10-12,15-20H2,(H,28,33). The van der Waals surface area contributed by atoms with Crippen LogP contribution in [0.4, 0.5) is 0 Å². The van der Waals surface area contributed by atoms with E-state index in [0.717, 1.165) is 37.7 Å². The molecule has 1 saturated heterocycles. The van der Waals surface area contributed by atoms with Crippen LogP contribution in [0.5, 0.6) is 0 Å². The molecule has 1 aliphatic rings. The van der Waals surface area contributed by atoms with Gasteiger partial charge in [0.05, 0.1) is 24.6 Å². The highest BCUT2D eigenvalue weighted by molar-refractivity contribution is 5.86. The van der Waals surface area contributed by atoms with E-state index in [1.54, 1.807) is 11.0 Å². The van der Waals surface area contributed by atoms with Crippen molar-refractivity contribution < 1.29 is 24.2 Å². The van der Waals surface area contributed by atoms with E-state index in [4.69, 9.17) is 4.74 Å². The number of likely N-dealkylation sites (tertiary alicyclic amines) is 1. The first-order chi connectivity index (χ1) is 16.5. The van der Waals surface area contributed by atoms with E-state index in [0.29, 0.717) is 19.4 Å². The van der Waals surface area contributed by atoms with Crippen LogP contribution in [-0.2, 0) is 19.1 Å². The van der Waals surface area contributed by atoms with Gasteiger partial charge in [0.25, 0.3) is 0 Å². The number of nitrogens with zero attached hydrogens (tertiary/aromatic N) is 1. The van der Waals surface area contributed by atoms with Crippen molar-refractivity contribution in [3.05, 3.63) is 61.2 Å². The van der Waals surface area contributed by atoms with Crippen LogP contribution >= 0.6 is 0 Å². The largest absolute Gasteiger partial charge is 0.463 e. The minimum Gasteiger partial charge on any atom is -0.463 e. The second-order valence-corrected chi connectivity index (χ2v) is 8.68. The van der Waals surface area contributed by atoms with Crippen molar-refractivity contribution in [2.75, 3.05) is 19.8 Å². The number of hydrogen-bond donors (Lipinski definition) is 2. The lowest BCUT2D eigenvalue weighted by atomic mass is 9.98. The number of hydrogen-bond acceptors (Lipinski definition) is 5. The second-order valence-electron chi connectivity index (χ2n) is 8.68. The first-order valence-electron chi connectivity index (χ1n) is 12.1. The quantitative estimate of drug-likeness (QED) is 0.232. The van der Waals surface area contributed by atoms with Crippen LogP contribution in [-0.4, -0.2) is 53.6 Å². The van der Waals surface area contributed by atoms with Gasteiger partial charge in [-0.05, 0) is 44.1 Å². The first-order valence-corrected chi connectivity index (χ1v) is 12.1. The normalized spacial score (nSPS) is 17.0. The van der Waals surface area contributed by atoms with E-state index < -0.39 is 12.0 Å². The average Bonchev–Trinajstić information content (AvgIpc) is 3.33. The average molecular weight is 471 g/mol. The monoisotopic (exact) mass is 470 g/mol. The fourth-order valence-corrected chi connectivity index (χ4v) is 4.17. The zero-order valence-corrected chi connectivity index (χ0v) is 20.0. The number of carbonyl (C=O) groups is 3. The zero-order valence-electron chi connectivity index (χ0n) is 20.0. The molecule has 0 aliphatic carbocycles. The fraction of sp³-hybridized carbons (Fsp3) is 0.519. The smallest absolute Gasteiger partial charge is 0.305 e. The third-order valence-corrected chi connectivity index (χ3v) is 6.12. The van der Waals surface area contributed by atoms with Gasteiger partial charge in [0, 0.05) is 19.4 Å². The molecular formula is C27H38N2O5. The summed E-state index contributed by atoms with van der Waals surface area (Å²) in [6.07, 6.45) is 8.24. The summed E-state index contributed by atoms with van der Waals surface area (Å²) >= 11 is 0. The molecule has 0 bridgehead atoms. The maximum atomic E-state index is 13.2. The molecule has 0 spiro atoms. The van der Waals surface area contributed by atoms with E-state index in [2.05, 4.69) is 18.5 Å². The molecule has 34 heavy (non-hydrogen) atoms. The van der Waals surface area contributed by atoms with E-state index in [-0.39, 0.29) is 43.5 Å². The number of aliphatic hydroxyl groups is 1. The number of aliphatic hydroxyl groups excluding tert-OH is 1. The molecule has 3 unspecified atom stereocenters. The highest BCUT2D eigenvalue weighted by Crippen LogP contribution is 2.22. The number of benzene rings is 1. The maximum absolute atomic E-state index is 13.2. The van der Waals surface area contributed by atoms with Crippen molar-refractivity contribution in [3.63, 3.8) is 0 Å². The molecule has 2 N–H and O–H groups in total. The van der Waals surface area contributed by atoms with Crippen LogP contribution < -0.4 is 5.32 Å². The van der Waals surface area contributed by atoms with Crippen LogP contribution in [0.1, 0.15) is 63.0 Å². The molecule has 1 aromatic carbocycles. The Bertz CT molecular complexity index is 810. The highest BCUT2D eigenvalue weighted by atomic mass is 16.5. The molecule has 0 aromatic heterocycles. The van der Waals surface area contributed by atoms with E-state index in [9.17, 15) is 19.5 Å². The van der Waals surface area contributed by atoms with Gasteiger partial charge in [0.15, 0.2) is 0 Å². The molecule has 186 valence electrons. The SMILES string of the molecule is C=CCCCCC(=O)OCC(NC(=O)C(CC=C)CC(=O)N1CCCC1CO)c1ccccc1. The summed E-state index contributed by atoms with van der Waals surface area (Å²) in [5.74, 6) is -1.32. The molecular weight excluding hydrogens is 432 g/mol. The molecule has 7 heteroatoms. The van der Waals surface area contributed by atoms with Gasteiger partial charge in [-0.3, -0.25) is 14.4 Å². The lowest BCUT2D eigenvalue weighted by molar-refractivity contribution is -0.145. The van der Waals surface area contributed by atoms with Gasteiger partial charge in [-0.15, -0.1) is 13.2 Å².